The number of carbonyl (C=O) groups excluding carboxylic acids is 1. The zero-order valence-electron chi connectivity index (χ0n) is 11.7. The molecule has 0 radical (unpaired) electrons. The van der Waals surface area contributed by atoms with E-state index in [1.54, 1.807) is 12.1 Å². The van der Waals surface area contributed by atoms with Crippen molar-refractivity contribution in [2.75, 3.05) is 0 Å². The van der Waals surface area contributed by atoms with E-state index in [2.05, 4.69) is 4.98 Å². The number of carboxylic acids is 1. The van der Waals surface area contributed by atoms with Crippen LogP contribution in [0, 0.1) is 0 Å². The molecule has 0 aliphatic heterocycles. The Morgan fingerprint density at radius 1 is 0.955 bits per heavy atom. The van der Waals surface area contributed by atoms with Crippen LogP contribution >= 0.6 is 0 Å². The third-order valence-electron chi connectivity index (χ3n) is 3.40. The quantitative estimate of drug-likeness (QED) is 0.589. The number of aromatic nitrogens is 1. The van der Waals surface area contributed by atoms with Crippen LogP contribution in [-0.4, -0.2) is 21.8 Å². The molecule has 0 fully saturated rings. The third-order valence-corrected chi connectivity index (χ3v) is 3.40. The lowest BCUT2D eigenvalue weighted by Gasteiger charge is -2.08. The molecular weight excluding hydrogens is 278 g/mol. The fraction of sp³-hybridized carbons (Fsp3) is 0.0556. The van der Waals surface area contributed by atoms with Crippen molar-refractivity contribution in [2.45, 2.75) is 6.42 Å². The molecule has 22 heavy (non-hydrogen) atoms. The summed E-state index contributed by atoms with van der Waals surface area (Å²) in [5, 5.41) is 9.54. The molecule has 0 amide bonds. The van der Waals surface area contributed by atoms with Crippen molar-refractivity contribution >= 4 is 22.7 Å². The van der Waals surface area contributed by atoms with E-state index in [1.165, 1.54) is 0 Å². The van der Waals surface area contributed by atoms with Gasteiger partial charge in [-0.25, -0.2) is 4.98 Å². The van der Waals surface area contributed by atoms with Crippen molar-refractivity contribution in [3.8, 4) is 11.3 Å². The molecule has 0 spiro atoms. The molecule has 1 aromatic heterocycles. The zero-order valence-corrected chi connectivity index (χ0v) is 11.7. The summed E-state index contributed by atoms with van der Waals surface area (Å²) >= 11 is 0. The first kappa shape index (κ1) is 13.9. The first-order chi connectivity index (χ1) is 10.6. The maximum Gasteiger partial charge on any atom is 0.311 e. The normalized spacial score (nSPS) is 10.5. The van der Waals surface area contributed by atoms with E-state index < -0.39 is 18.2 Å². The van der Waals surface area contributed by atoms with E-state index in [9.17, 15) is 9.59 Å². The monoisotopic (exact) mass is 291 g/mol. The number of rotatable bonds is 4. The Labute approximate surface area is 127 Å². The fourth-order valence-corrected chi connectivity index (χ4v) is 2.40. The average molecular weight is 291 g/mol. The van der Waals surface area contributed by atoms with Crippen LogP contribution in [0.15, 0.2) is 60.7 Å². The molecule has 1 heterocycles. The minimum absolute atomic E-state index is 0.395. The van der Waals surface area contributed by atoms with Crippen LogP contribution in [0.2, 0.25) is 0 Å². The van der Waals surface area contributed by atoms with E-state index >= 15 is 0 Å². The Hall–Kier alpha value is -3.01. The predicted molar refractivity (Wildman–Crippen MR) is 83.8 cm³/mol. The largest absolute Gasteiger partial charge is 0.481 e. The first-order valence-corrected chi connectivity index (χ1v) is 6.85. The lowest BCUT2D eigenvalue weighted by atomic mass is 10.00. The van der Waals surface area contributed by atoms with E-state index in [0.717, 1.165) is 5.56 Å². The van der Waals surface area contributed by atoms with Gasteiger partial charge < -0.3 is 5.11 Å². The molecule has 0 saturated heterocycles. The third kappa shape index (κ3) is 2.72. The van der Waals surface area contributed by atoms with Gasteiger partial charge in [0.15, 0.2) is 5.78 Å². The lowest BCUT2D eigenvalue weighted by Crippen LogP contribution is -2.08. The minimum Gasteiger partial charge on any atom is -0.481 e. The summed E-state index contributed by atoms with van der Waals surface area (Å²) in [5.74, 6) is -1.55. The smallest absolute Gasteiger partial charge is 0.311 e. The fourth-order valence-electron chi connectivity index (χ4n) is 2.40. The molecule has 3 aromatic rings. The highest BCUT2D eigenvalue weighted by Gasteiger charge is 2.16. The lowest BCUT2D eigenvalue weighted by molar-refractivity contribution is -0.135. The van der Waals surface area contributed by atoms with Gasteiger partial charge >= 0.3 is 5.97 Å². The van der Waals surface area contributed by atoms with Crippen molar-refractivity contribution in [1.82, 2.24) is 4.98 Å². The second kappa shape index (κ2) is 5.77. The SMILES string of the molecule is O=C(O)CC(=O)c1cc(-c2ccccc2)nc2ccccc12. The van der Waals surface area contributed by atoms with Gasteiger partial charge in [-0.3, -0.25) is 9.59 Å². The van der Waals surface area contributed by atoms with Crippen LogP contribution in [0.3, 0.4) is 0 Å². The Kier molecular flexibility index (Phi) is 3.66. The Morgan fingerprint density at radius 2 is 1.64 bits per heavy atom. The molecule has 3 rings (SSSR count). The van der Waals surface area contributed by atoms with Gasteiger partial charge in [0.2, 0.25) is 0 Å². The molecule has 0 unspecified atom stereocenters. The highest BCUT2D eigenvalue weighted by atomic mass is 16.4. The summed E-state index contributed by atoms with van der Waals surface area (Å²) in [5.41, 5.74) is 2.62. The molecule has 0 aliphatic rings. The molecule has 0 atom stereocenters. The summed E-state index contributed by atoms with van der Waals surface area (Å²) in [7, 11) is 0. The highest BCUT2D eigenvalue weighted by Crippen LogP contribution is 2.25. The number of aliphatic carboxylic acids is 1. The van der Waals surface area contributed by atoms with Crippen molar-refractivity contribution in [1.29, 1.82) is 0 Å². The Morgan fingerprint density at radius 3 is 2.36 bits per heavy atom. The van der Waals surface area contributed by atoms with Crippen LogP contribution in [0.25, 0.3) is 22.2 Å². The number of carbonyl (C=O) groups is 2. The molecule has 2 aromatic carbocycles. The topological polar surface area (TPSA) is 67.3 Å². The van der Waals surface area contributed by atoms with Crippen molar-refractivity contribution in [3.05, 3.63) is 66.2 Å². The Bertz CT molecular complexity index is 857. The van der Waals surface area contributed by atoms with Crippen molar-refractivity contribution in [2.24, 2.45) is 0 Å². The van der Waals surface area contributed by atoms with E-state index in [1.807, 2.05) is 48.5 Å². The summed E-state index contributed by atoms with van der Waals surface area (Å²) in [6.07, 6.45) is -0.526. The number of nitrogens with zero attached hydrogens (tertiary/aromatic N) is 1. The summed E-state index contributed by atoms with van der Waals surface area (Å²) < 4.78 is 0. The number of pyridine rings is 1. The van der Waals surface area contributed by atoms with Crippen LogP contribution in [0.4, 0.5) is 0 Å². The maximum absolute atomic E-state index is 12.2. The number of Topliss-reactive ketones (excluding diaryl/α,β-unsaturated/α-hetero) is 1. The molecule has 4 nitrogen and oxygen atoms in total. The van der Waals surface area contributed by atoms with E-state index in [-0.39, 0.29) is 0 Å². The van der Waals surface area contributed by atoms with Gasteiger partial charge in [-0.15, -0.1) is 0 Å². The molecule has 0 aliphatic carbocycles. The van der Waals surface area contributed by atoms with E-state index in [4.69, 9.17) is 5.11 Å². The molecule has 4 heteroatoms. The standard InChI is InChI=1S/C18H13NO3/c20-17(11-18(21)22)14-10-16(12-6-2-1-3-7-12)19-15-9-5-4-8-13(14)15/h1-10H,11H2,(H,21,22). The molecule has 108 valence electrons. The zero-order chi connectivity index (χ0) is 15.5. The minimum atomic E-state index is -1.13. The number of hydrogen-bond donors (Lipinski definition) is 1. The molecule has 0 saturated carbocycles. The van der Waals surface area contributed by atoms with Crippen LogP contribution in [0.1, 0.15) is 16.8 Å². The van der Waals surface area contributed by atoms with Gasteiger partial charge in [0.25, 0.3) is 0 Å². The van der Waals surface area contributed by atoms with Gasteiger partial charge in [-0.1, -0.05) is 48.5 Å². The molecular formula is C18H13NO3. The number of fused-ring (bicyclic) bond motifs is 1. The maximum atomic E-state index is 12.2. The molecule has 0 bridgehead atoms. The number of para-hydroxylation sites is 1. The van der Waals surface area contributed by atoms with Gasteiger partial charge in [-0.2, -0.15) is 0 Å². The highest BCUT2D eigenvalue weighted by molar-refractivity contribution is 6.13. The number of ketones is 1. The summed E-state index contributed by atoms with van der Waals surface area (Å²) in [6, 6.07) is 18.4. The first-order valence-electron chi connectivity index (χ1n) is 6.85. The summed E-state index contributed by atoms with van der Waals surface area (Å²) in [6.45, 7) is 0. The Balaban J connectivity index is 2.21. The number of hydrogen-bond acceptors (Lipinski definition) is 3. The van der Waals surface area contributed by atoms with Crippen molar-refractivity contribution in [3.63, 3.8) is 0 Å². The second-order valence-electron chi connectivity index (χ2n) is 4.93. The van der Waals surface area contributed by atoms with Crippen LogP contribution < -0.4 is 0 Å². The van der Waals surface area contributed by atoms with E-state index in [0.29, 0.717) is 22.2 Å². The van der Waals surface area contributed by atoms with Gasteiger partial charge in [0.05, 0.1) is 11.2 Å². The average Bonchev–Trinajstić information content (AvgIpc) is 2.54. The van der Waals surface area contributed by atoms with Crippen LogP contribution in [0.5, 0.6) is 0 Å². The van der Waals surface area contributed by atoms with Gasteiger partial charge in [0, 0.05) is 16.5 Å². The van der Waals surface area contributed by atoms with Gasteiger partial charge in [0.1, 0.15) is 6.42 Å². The molecule has 1 N–H and O–H groups in total. The predicted octanol–water partition coefficient (Wildman–Crippen LogP) is 3.56. The van der Waals surface area contributed by atoms with Crippen LogP contribution in [-0.2, 0) is 4.79 Å². The number of benzene rings is 2. The summed E-state index contributed by atoms with van der Waals surface area (Å²) in [4.78, 5) is 27.6. The van der Waals surface area contributed by atoms with Crippen molar-refractivity contribution < 1.29 is 14.7 Å². The number of carboxylic acid groups (broad SMARTS) is 1. The van der Waals surface area contributed by atoms with Gasteiger partial charge in [-0.05, 0) is 12.1 Å². The second-order valence-corrected chi connectivity index (χ2v) is 4.93.